The highest BCUT2D eigenvalue weighted by Crippen LogP contribution is 2.66. The van der Waals surface area contributed by atoms with Gasteiger partial charge in [0.15, 0.2) is 0 Å². The minimum absolute atomic E-state index is 0.00826. The van der Waals surface area contributed by atoms with E-state index in [1.807, 2.05) is 109 Å². The Morgan fingerprint density at radius 3 is 2.21 bits per heavy atom. The molecule has 63 heavy (non-hydrogen) atoms. The van der Waals surface area contributed by atoms with Crippen molar-refractivity contribution in [2.45, 2.75) is 68.3 Å². The number of aromatic hydroxyl groups is 1. The molecule has 5 aromatic carbocycles. The summed E-state index contributed by atoms with van der Waals surface area (Å²) >= 11 is 0. The molecule has 3 N–H and O–H groups in total. The molecule has 0 unspecified atom stereocenters. The predicted octanol–water partition coefficient (Wildman–Crippen LogP) is 8.68. The first-order valence-electron chi connectivity index (χ1n) is 21.5. The Bertz CT molecular complexity index is 2660. The molecule has 5 aromatic rings. The number of allylic oxidation sites excluding steroid dienone is 2. The largest absolute Gasteiger partial charge is 0.508 e. The number of morpholine rings is 1. The van der Waals surface area contributed by atoms with Gasteiger partial charge >= 0.3 is 12.0 Å². The van der Waals surface area contributed by atoms with Crippen molar-refractivity contribution in [1.82, 2.24) is 15.5 Å². The summed E-state index contributed by atoms with van der Waals surface area (Å²) in [6.45, 7) is 5.72. The number of hydrogen-bond acceptors (Lipinski definition) is 7. The first-order chi connectivity index (χ1) is 30.7. The molecule has 9 rings (SSSR count). The highest BCUT2D eigenvalue weighted by Gasteiger charge is 2.75. The van der Waals surface area contributed by atoms with E-state index in [-0.39, 0.29) is 18.0 Å². The maximum absolute atomic E-state index is 16.3. The maximum Gasteiger partial charge on any atom is 0.329 e. The number of ether oxygens (including phenoxy) is 1. The van der Waals surface area contributed by atoms with Crippen LogP contribution in [-0.2, 0) is 24.5 Å². The van der Waals surface area contributed by atoms with Crippen LogP contribution in [-0.4, -0.2) is 46.4 Å². The lowest BCUT2D eigenvalue weighted by Gasteiger charge is -2.46. The number of fused-ring (bicyclic) bond motifs is 3. The summed E-state index contributed by atoms with van der Waals surface area (Å²) in [5.41, 5.74) is 3.21. The van der Waals surface area contributed by atoms with Gasteiger partial charge in [-0.15, -0.1) is 6.58 Å². The summed E-state index contributed by atoms with van der Waals surface area (Å²) in [7, 11) is 0. The van der Waals surface area contributed by atoms with Crippen molar-refractivity contribution in [3.8, 4) is 17.6 Å². The van der Waals surface area contributed by atoms with E-state index in [0.29, 0.717) is 16.7 Å². The van der Waals surface area contributed by atoms with Crippen LogP contribution in [0.1, 0.15) is 90.2 Å². The minimum atomic E-state index is -1.94. The van der Waals surface area contributed by atoms with E-state index in [1.165, 1.54) is 18.2 Å². The van der Waals surface area contributed by atoms with Gasteiger partial charge in [-0.25, -0.2) is 9.69 Å². The average molecular weight is 837 g/mol. The topological polar surface area (TPSA) is 128 Å². The number of nitrogens with zero attached hydrogens (tertiary/aromatic N) is 2. The Hall–Kier alpha value is -7.22. The third kappa shape index (κ3) is 7.28. The molecule has 0 bridgehead atoms. The smallest absolute Gasteiger partial charge is 0.329 e. The van der Waals surface area contributed by atoms with E-state index in [9.17, 15) is 9.90 Å². The van der Waals surface area contributed by atoms with E-state index in [0.717, 1.165) is 52.8 Å². The molecule has 7 atom stereocenters. The minimum Gasteiger partial charge on any atom is -0.508 e. The monoisotopic (exact) mass is 836 g/mol. The number of benzene rings is 5. The Balaban J connectivity index is 1.33. The molecule has 0 aromatic heterocycles. The van der Waals surface area contributed by atoms with Crippen LogP contribution in [0.5, 0.6) is 5.75 Å². The van der Waals surface area contributed by atoms with Crippen LogP contribution in [0.25, 0.3) is 0 Å². The van der Waals surface area contributed by atoms with Crippen molar-refractivity contribution < 1.29 is 29.0 Å². The van der Waals surface area contributed by atoms with Gasteiger partial charge < -0.3 is 20.5 Å². The number of urea groups is 1. The third-order valence-corrected chi connectivity index (χ3v) is 12.9. The molecule has 4 amide bonds. The van der Waals surface area contributed by atoms with E-state index in [1.54, 1.807) is 24.3 Å². The predicted molar refractivity (Wildman–Crippen MR) is 240 cm³/mol. The highest BCUT2D eigenvalue weighted by atomic mass is 16.6. The third-order valence-electron chi connectivity index (χ3n) is 12.9. The SMILES string of the molecule is C=CCNC(=O)[C@H]1[C@@H]2C(=O)O[C@@H](c3ccccc3)[C@@H](c3ccccc3)N2[C@@H](c2ccc(O)cc2)[C@]12C(=O)N(C(=O)N[C@H](C)c1ccccc1)c1ccc(C#CC3=CCCCC3)cc12. The molecule has 10 heteroatoms. The second-order valence-corrected chi connectivity index (χ2v) is 16.6. The van der Waals surface area contributed by atoms with E-state index >= 15 is 14.4 Å². The van der Waals surface area contributed by atoms with Crippen LogP contribution in [0.2, 0.25) is 0 Å². The lowest BCUT2D eigenvalue weighted by molar-refractivity contribution is -0.178. The number of nitrogens with one attached hydrogen (secondary N) is 2. The van der Waals surface area contributed by atoms with E-state index in [2.05, 4.69) is 35.1 Å². The molecule has 10 nitrogen and oxygen atoms in total. The standard InChI is InChI=1S/C53H48N4O6/c1-3-32-54-49(59)44-46-50(60)63-47(39-22-14-7-15-23-39)45(38-20-12-6-13-21-38)57(46)48(40-27-29-41(58)30-28-40)53(44)42-33-36(25-24-35-16-8-4-9-17-35)26-31-43(42)56(51(53)61)52(62)55-34(2)37-18-10-5-11-19-37/h3,5-7,10-16,18-23,26-31,33-34,44-48,58H,1,4,8-9,17,32H2,2H3,(H,54,59)(H,55,62)/t34-,44-,45-,46-,47+,48+,53-/m1/s1. The number of amides is 4. The number of cyclic esters (lactones) is 1. The molecule has 0 saturated carbocycles. The fourth-order valence-electron chi connectivity index (χ4n) is 10.1. The van der Waals surface area contributed by atoms with Gasteiger partial charge in [0, 0.05) is 12.1 Å². The number of imide groups is 1. The molecule has 316 valence electrons. The van der Waals surface area contributed by atoms with Gasteiger partial charge in [0.2, 0.25) is 11.8 Å². The van der Waals surface area contributed by atoms with Crippen molar-refractivity contribution in [1.29, 1.82) is 0 Å². The number of esters is 1. The van der Waals surface area contributed by atoms with Gasteiger partial charge in [-0.1, -0.05) is 127 Å². The van der Waals surface area contributed by atoms with Crippen LogP contribution in [0.3, 0.4) is 0 Å². The Labute approximate surface area is 367 Å². The van der Waals surface area contributed by atoms with Crippen LogP contribution < -0.4 is 15.5 Å². The second-order valence-electron chi connectivity index (χ2n) is 16.6. The van der Waals surface area contributed by atoms with Crippen molar-refractivity contribution in [3.63, 3.8) is 0 Å². The summed E-state index contributed by atoms with van der Waals surface area (Å²) in [6.07, 6.45) is 6.80. The molecular weight excluding hydrogens is 789 g/mol. The van der Waals surface area contributed by atoms with Crippen LogP contribution in [0.4, 0.5) is 10.5 Å². The van der Waals surface area contributed by atoms with E-state index in [4.69, 9.17) is 4.74 Å². The number of carbonyl (C=O) groups is 4. The van der Waals surface area contributed by atoms with Crippen LogP contribution in [0.15, 0.2) is 158 Å². The first kappa shape index (κ1) is 41.1. The zero-order chi connectivity index (χ0) is 43.7. The summed E-state index contributed by atoms with van der Waals surface area (Å²) in [6, 6.07) is 36.0. The number of rotatable bonds is 8. The quantitative estimate of drug-likeness (QED) is 0.0811. The average Bonchev–Trinajstić information content (AvgIpc) is 3.77. The zero-order valence-electron chi connectivity index (χ0n) is 34.9. The lowest BCUT2D eigenvalue weighted by atomic mass is 9.65. The van der Waals surface area contributed by atoms with Gasteiger partial charge in [-0.2, -0.15) is 0 Å². The molecule has 3 heterocycles. The lowest BCUT2D eigenvalue weighted by Crippen LogP contribution is -2.56. The number of hydrogen-bond donors (Lipinski definition) is 3. The molecule has 0 radical (unpaired) electrons. The maximum atomic E-state index is 16.3. The highest BCUT2D eigenvalue weighted by molar-refractivity contribution is 6.24. The Kier molecular flexibility index (Phi) is 11.3. The van der Waals surface area contributed by atoms with Crippen molar-refractivity contribution in [3.05, 3.63) is 191 Å². The van der Waals surface area contributed by atoms with Crippen molar-refractivity contribution in [2.75, 3.05) is 11.4 Å². The summed E-state index contributed by atoms with van der Waals surface area (Å²) in [5, 5.41) is 16.7. The zero-order valence-corrected chi connectivity index (χ0v) is 34.9. The molecule has 1 aliphatic carbocycles. The van der Waals surface area contributed by atoms with E-state index < -0.39 is 65.4 Å². The summed E-state index contributed by atoms with van der Waals surface area (Å²) < 4.78 is 6.52. The number of anilines is 1. The number of phenolic OH excluding ortho intramolecular Hbond substituents is 1. The molecular formula is C53H48N4O6. The Morgan fingerprint density at radius 2 is 1.54 bits per heavy atom. The fourth-order valence-corrected chi connectivity index (χ4v) is 10.1. The van der Waals surface area contributed by atoms with Crippen molar-refractivity contribution >= 4 is 29.5 Å². The molecule has 3 aliphatic heterocycles. The summed E-state index contributed by atoms with van der Waals surface area (Å²) in [5.74, 6) is 3.28. The fraction of sp³-hybridized carbons (Fsp3) is 0.245. The summed E-state index contributed by atoms with van der Waals surface area (Å²) in [4.78, 5) is 64.7. The van der Waals surface area contributed by atoms with Crippen molar-refractivity contribution in [2.24, 2.45) is 5.92 Å². The van der Waals surface area contributed by atoms with Gasteiger partial charge in [-0.05, 0) is 96.3 Å². The Morgan fingerprint density at radius 1 is 0.857 bits per heavy atom. The molecule has 2 fully saturated rings. The van der Waals surface area contributed by atoms with Crippen LogP contribution in [0, 0.1) is 17.8 Å². The number of phenols is 1. The normalized spacial score (nSPS) is 24.2. The van der Waals surface area contributed by atoms with Gasteiger partial charge in [0.05, 0.1) is 29.7 Å². The first-order valence-corrected chi connectivity index (χ1v) is 21.5. The van der Waals surface area contributed by atoms with Gasteiger partial charge in [0.1, 0.15) is 23.3 Å². The second kappa shape index (κ2) is 17.3. The van der Waals surface area contributed by atoms with Gasteiger partial charge in [-0.3, -0.25) is 19.3 Å². The van der Waals surface area contributed by atoms with Crippen LogP contribution >= 0.6 is 0 Å². The molecule has 4 aliphatic rings. The number of carbonyl (C=O) groups excluding carboxylic acids is 4. The molecule has 2 saturated heterocycles. The molecule has 1 spiro atoms. The van der Waals surface area contributed by atoms with Gasteiger partial charge in [0.25, 0.3) is 0 Å².